The van der Waals surface area contributed by atoms with Crippen LogP contribution in [0, 0.1) is 20.8 Å². The number of hydrogen-bond acceptors (Lipinski definition) is 6. The Morgan fingerprint density at radius 2 is 1.85 bits per heavy atom. The molecule has 0 aliphatic rings. The fraction of sp³-hybridized carbons (Fsp3) is 0.208. The lowest BCUT2D eigenvalue weighted by Crippen LogP contribution is -2.16. The fourth-order valence-electron chi connectivity index (χ4n) is 3.63. The van der Waals surface area contributed by atoms with Crippen LogP contribution in [0.2, 0.25) is 0 Å². The number of hydrogen-bond donors (Lipinski definition) is 2. The number of rotatable bonds is 7. The molecule has 1 aromatic carbocycles. The Labute approximate surface area is 197 Å². The number of furan rings is 1. The average Bonchev–Trinajstić information content (AvgIpc) is 3.38. The monoisotopic (exact) mass is 485 g/mol. The van der Waals surface area contributed by atoms with E-state index in [0.717, 1.165) is 28.2 Å². The van der Waals surface area contributed by atoms with E-state index in [-0.39, 0.29) is 27.8 Å². The molecule has 0 unspecified atom stereocenters. The Hall–Kier alpha value is -3.79. The number of para-hydroxylation sites is 1. The molecule has 3 heterocycles. The lowest BCUT2D eigenvalue weighted by molar-refractivity contribution is 0.0992. The lowest BCUT2D eigenvalue weighted by Gasteiger charge is -2.10. The number of ether oxygens (including phenoxy) is 1. The van der Waals surface area contributed by atoms with Gasteiger partial charge in [-0.2, -0.15) is 0 Å². The van der Waals surface area contributed by atoms with E-state index < -0.39 is 23.9 Å². The van der Waals surface area contributed by atoms with E-state index in [4.69, 9.17) is 14.9 Å². The molecule has 4 aromatic rings. The first-order chi connectivity index (χ1) is 16.2. The number of fused-ring (bicyclic) bond motifs is 1. The lowest BCUT2D eigenvalue weighted by atomic mass is 10.1. The second-order valence-corrected chi connectivity index (χ2v) is 8.74. The van der Waals surface area contributed by atoms with E-state index in [1.54, 1.807) is 13.0 Å². The third kappa shape index (κ3) is 4.49. The van der Waals surface area contributed by atoms with Gasteiger partial charge in [-0.25, -0.2) is 13.8 Å². The van der Waals surface area contributed by atoms with Gasteiger partial charge in [0.15, 0.2) is 5.76 Å². The highest BCUT2D eigenvalue weighted by Crippen LogP contribution is 2.38. The Morgan fingerprint density at radius 3 is 2.50 bits per heavy atom. The quantitative estimate of drug-likeness (QED) is 0.350. The summed E-state index contributed by atoms with van der Waals surface area (Å²) in [6.45, 7) is 5.59. The molecule has 0 fully saturated rings. The van der Waals surface area contributed by atoms with Gasteiger partial charge in [0.2, 0.25) is 0 Å². The molecule has 0 spiro atoms. The van der Waals surface area contributed by atoms with Crippen LogP contribution >= 0.6 is 11.3 Å². The van der Waals surface area contributed by atoms with Crippen molar-refractivity contribution in [1.82, 2.24) is 4.98 Å². The fourth-order valence-corrected chi connectivity index (χ4v) is 4.70. The number of amides is 2. The summed E-state index contributed by atoms with van der Waals surface area (Å²) in [4.78, 5) is 29.0. The Kier molecular flexibility index (Phi) is 6.34. The number of alkyl halides is 2. The maximum Gasteiger partial charge on any atom is 0.291 e. The Balaban J connectivity index is 1.58. The minimum absolute atomic E-state index is 0.00955. The number of aryl methyl sites for hydroxylation is 3. The van der Waals surface area contributed by atoms with E-state index in [2.05, 4.69) is 10.3 Å². The molecular formula is C24H21F2N3O4S. The van der Waals surface area contributed by atoms with Crippen LogP contribution in [0.3, 0.4) is 0 Å². The van der Waals surface area contributed by atoms with Gasteiger partial charge in [0.25, 0.3) is 18.2 Å². The van der Waals surface area contributed by atoms with Crippen LogP contribution < -0.4 is 15.8 Å². The number of anilines is 1. The number of benzene rings is 1. The van der Waals surface area contributed by atoms with Crippen molar-refractivity contribution in [2.24, 2.45) is 5.73 Å². The molecule has 3 aromatic heterocycles. The van der Waals surface area contributed by atoms with Crippen molar-refractivity contribution in [3.05, 3.63) is 75.2 Å². The predicted octanol–water partition coefficient (Wildman–Crippen LogP) is 5.68. The van der Waals surface area contributed by atoms with Gasteiger partial charge < -0.3 is 20.2 Å². The molecule has 3 N–H and O–H groups in total. The molecule has 4 rings (SSSR count). The van der Waals surface area contributed by atoms with E-state index >= 15 is 0 Å². The standard InChI is InChI=1S/C24H21F2N3O4S/c1-11-5-4-6-12(2)19(11)32-10-14-7-8-16(33-14)23(31)29-18-17-13(3)9-15(21(25)26)28-24(17)34-20(18)22(27)30/h4-9,21H,10H2,1-3H3,(H2,27,30)(H,29,31). The molecular weight excluding hydrogens is 464 g/mol. The van der Waals surface area contributed by atoms with Crippen molar-refractivity contribution in [2.45, 2.75) is 33.8 Å². The summed E-state index contributed by atoms with van der Waals surface area (Å²) in [5, 5.41) is 3.01. The van der Waals surface area contributed by atoms with Gasteiger partial charge >= 0.3 is 0 Å². The summed E-state index contributed by atoms with van der Waals surface area (Å²) < 4.78 is 37.8. The third-order valence-electron chi connectivity index (χ3n) is 5.22. The molecule has 0 aliphatic heterocycles. The SMILES string of the molecule is Cc1cccc(C)c1OCc1ccc(C(=O)Nc2c(C(N)=O)sc3nc(C(F)F)cc(C)c23)o1. The molecule has 0 bridgehead atoms. The van der Waals surface area contributed by atoms with Crippen molar-refractivity contribution >= 4 is 39.1 Å². The van der Waals surface area contributed by atoms with Gasteiger partial charge in [-0.05, 0) is 55.7 Å². The Bertz CT molecular complexity index is 1390. The van der Waals surface area contributed by atoms with Crippen molar-refractivity contribution < 1.29 is 27.5 Å². The zero-order chi connectivity index (χ0) is 24.6. The molecule has 7 nitrogen and oxygen atoms in total. The van der Waals surface area contributed by atoms with Gasteiger partial charge in [-0.15, -0.1) is 11.3 Å². The summed E-state index contributed by atoms with van der Waals surface area (Å²) in [6.07, 6.45) is -2.77. The summed E-state index contributed by atoms with van der Waals surface area (Å²) in [5.74, 6) is -0.273. The largest absolute Gasteiger partial charge is 0.485 e. The van der Waals surface area contributed by atoms with Crippen LogP contribution in [0.15, 0.2) is 40.8 Å². The van der Waals surface area contributed by atoms with Crippen LogP contribution in [0.5, 0.6) is 5.75 Å². The number of carbonyl (C=O) groups excluding carboxylic acids is 2. The summed E-state index contributed by atoms with van der Waals surface area (Å²) >= 11 is 0.844. The second-order valence-electron chi connectivity index (χ2n) is 7.74. The average molecular weight is 486 g/mol. The molecule has 2 amide bonds. The third-order valence-corrected chi connectivity index (χ3v) is 6.32. The molecule has 0 aliphatic carbocycles. The minimum atomic E-state index is -2.77. The normalized spacial score (nSPS) is 11.2. The molecule has 34 heavy (non-hydrogen) atoms. The number of thiophene rings is 1. The molecule has 10 heteroatoms. The molecule has 176 valence electrons. The van der Waals surface area contributed by atoms with Crippen molar-refractivity contribution in [3.63, 3.8) is 0 Å². The van der Waals surface area contributed by atoms with E-state index in [0.29, 0.717) is 16.7 Å². The number of primary amides is 1. The number of pyridine rings is 1. The number of nitrogens with one attached hydrogen (secondary N) is 1. The van der Waals surface area contributed by atoms with E-state index in [9.17, 15) is 18.4 Å². The zero-order valence-corrected chi connectivity index (χ0v) is 19.4. The smallest absolute Gasteiger partial charge is 0.291 e. The second kappa shape index (κ2) is 9.22. The maximum absolute atomic E-state index is 13.1. The summed E-state index contributed by atoms with van der Waals surface area (Å²) in [6, 6.07) is 10.1. The highest BCUT2D eigenvalue weighted by molar-refractivity contribution is 7.21. The molecule has 0 saturated carbocycles. The summed E-state index contributed by atoms with van der Waals surface area (Å²) in [5.41, 5.74) is 7.56. The maximum atomic E-state index is 13.1. The van der Waals surface area contributed by atoms with Crippen molar-refractivity contribution in [2.75, 3.05) is 5.32 Å². The minimum Gasteiger partial charge on any atom is -0.485 e. The number of nitrogens with two attached hydrogens (primary N) is 1. The molecule has 0 radical (unpaired) electrons. The van der Waals surface area contributed by atoms with Gasteiger partial charge in [-0.1, -0.05) is 18.2 Å². The summed E-state index contributed by atoms with van der Waals surface area (Å²) in [7, 11) is 0. The first-order valence-electron chi connectivity index (χ1n) is 10.3. The number of halogens is 2. The van der Waals surface area contributed by atoms with Crippen LogP contribution in [-0.2, 0) is 6.61 Å². The highest BCUT2D eigenvalue weighted by Gasteiger charge is 2.24. The van der Waals surface area contributed by atoms with Gasteiger partial charge in [0.05, 0.1) is 5.69 Å². The van der Waals surface area contributed by atoms with E-state index in [1.165, 1.54) is 12.1 Å². The Morgan fingerprint density at radius 1 is 1.15 bits per heavy atom. The topological polar surface area (TPSA) is 107 Å². The first kappa shape index (κ1) is 23.4. The van der Waals surface area contributed by atoms with Gasteiger partial charge in [0, 0.05) is 5.39 Å². The highest BCUT2D eigenvalue weighted by atomic mass is 32.1. The van der Waals surface area contributed by atoms with E-state index in [1.807, 2.05) is 32.0 Å². The van der Waals surface area contributed by atoms with Gasteiger partial charge in [-0.3, -0.25) is 9.59 Å². The number of aromatic nitrogens is 1. The zero-order valence-electron chi connectivity index (χ0n) is 18.6. The van der Waals surface area contributed by atoms with Crippen LogP contribution in [0.4, 0.5) is 14.5 Å². The van der Waals surface area contributed by atoms with Crippen LogP contribution in [0.25, 0.3) is 10.2 Å². The van der Waals surface area contributed by atoms with Crippen LogP contribution in [-0.4, -0.2) is 16.8 Å². The van der Waals surface area contributed by atoms with Crippen molar-refractivity contribution in [1.29, 1.82) is 0 Å². The molecule has 0 saturated heterocycles. The van der Waals surface area contributed by atoms with Crippen LogP contribution in [0.1, 0.15) is 54.8 Å². The van der Waals surface area contributed by atoms with Crippen molar-refractivity contribution in [3.8, 4) is 5.75 Å². The van der Waals surface area contributed by atoms with Gasteiger partial charge in [0.1, 0.15) is 33.5 Å². The number of carbonyl (C=O) groups is 2. The predicted molar refractivity (Wildman–Crippen MR) is 125 cm³/mol. The number of nitrogens with zero attached hydrogens (tertiary/aromatic N) is 1. The first-order valence-corrected chi connectivity index (χ1v) is 11.1. The molecule has 0 atom stereocenters.